The lowest BCUT2D eigenvalue weighted by Crippen LogP contribution is -2.20. The molecule has 1 aliphatic rings. The molecular weight excluding hydrogens is 267 g/mol. The monoisotopic (exact) mass is 281 g/mol. The highest BCUT2D eigenvalue weighted by atomic mass is 32.1. The number of nitrogens with one attached hydrogen (secondary N) is 1. The van der Waals surface area contributed by atoms with E-state index in [9.17, 15) is 13.2 Å². The van der Waals surface area contributed by atoms with Crippen LogP contribution in [0, 0.1) is 11.8 Å². The van der Waals surface area contributed by atoms with Crippen LogP contribution >= 0.6 is 11.3 Å². The first kappa shape index (κ1) is 13.5. The molecule has 102 valence electrons. The van der Waals surface area contributed by atoms with Gasteiger partial charge >= 0.3 is 6.18 Å². The predicted octanol–water partition coefficient (Wildman–Crippen LogP) is 2.38. The summed E-state index contributed by atoms with van der Waals surface area (Å²) in [4.78, 5) is 0. The van der Waals surface area contributed by atoms with Gasteiger partial charge in [-0.1, -0.05) is 17.8 Å². The fourth-order valence-electron chi connectivity index (χ4n) is 2.25. The highest BCUT2D eigenvalue weighted by Crippen LogP contribution is 2.34. The Balaban J connectivity index is 1.89. The number of aliphatic hydroxyl groups excluding tert-OH is 1. The molecule has 0 radical (unpaired) electrons. The third-order valence-electron chi connectivity index (χ3n) is 3.23. The van der Waals surface area contributed by atoms with E-state index in [1.807, 2.05) is 0 Å². The van der Waals surface area contributed by atoms with E-state index in [-0.39, 0.29) is 17.7 Å². The van der Waals surface area contributed by atoms with Gasteiger partial charge in [0, 0.05) is 13.2 Å². The standard InChI is InChI=1S/C10H14F3N3OS/c11-10(12,13)8-15-16-9(18-8)14-4-6-2-1-3-7(6)5-17/h6-7,17H,1-5H2,(H,14,16). The highest BCUT2D eigenvalue weighted by molar-refractivity contribution is 7.15. The maximum Gasteiger partial charge on any atom is 0.445 e. The number of rotatable bonds is 4. The van der Waals surface area contributed by atoms with E-state index in [1.54, 1.807) is 0 Å². The molecule has 2 N–H and O–H groups in total. The lowest BCUT2D eigenvalue weighted by Gasteiger charge is -2.16. The van der Waals surface area contributed by atoms with Crippen LogP contribution in [0.15, 0.2) is 0 Å². The van der Waals surface area contributed by atoms with Gasteiger partial charge in [-0.15, -0.1) is 10.2 Å². The Morgan fingerprint density at radius 3 is 2.61 bits per heavy atom. The van der Waals surface area contributed by atoms with Gasteiger partial charge in [-0.3, -0.25) is 0 Å². The Bertz CT molecular complexity index is 396. The summed E-state index contributed by atoms with van der Waals surface area (Å²) in [5.41, 5.74) is 0. The predicted molar refractivity (Wildman–Crippen MR) is 61.3 cm³/mol. The number of halogens is 3. The van der Waals surface area contributed by atoms with E-state index in [0.29, 0.717) is 23.8 Å². The summed E-state index contributed by atoms with van der Waals surface area (Å²) in [7, 11) is 0. The third kappa shape index (κ3) is 3.11. The summed E-state index contributed by atoms with van der Waals surface area (Å²) in [6, 6.07) is 0. The van der Waals surface area contributed by atoms with Crippen LogP contribution in [0.3, 0.4) is 0 Å². The number of anilines is 1. The third-order valence-corrected chi connectivity index (χ3v) is 4.16. The number of aliphatic hydroxyl groups is 1. The molecule has 0 spiro atoms. The Morgan fingerprint density at radius 1 is 1.28 bits per heavy atom. The van der Waals surface area contributed by atoms with Crippen LogP contribution in [-0.2, 0) is 6.18 Å². The van der Waals surface area contributed by atoms with E-state index < -0.39 is 11.2 Å². The first-order chi connectivity index (χ1) is 8.50. The summed E-state index contributed by atoms with van der Waals surface area (Å²) in [6.07, 6.45) is -1.41. The van der Waals surface area contributed by atoms with E-state index in [2.05, 4.69) is 15.5 Å². The average molecular weight is 281 g/mol. The smallest absolute Gasteiger partial charge is 0.396 e. The van der Waals surface area contributed by atoms with Crippen LogP contribution in [-0.4, -0.2) is 28.5 Å². The summed E-state index contributed by atoms with van der Waals surface area (Å²) in [5, 5.41) is 17.8. The summed E-state index contributed by atoms with van der Waals surface area (Å²) < 4.78 is 36.9. The van der Waals surface area contributed by atoms with E-state index in [0.717, 1.165) is 19.3 Å². The second-order valence-electron chi connectivity index (χ2n) is 4.42. The molecule has 1 aromatic heterocycles. The van der Waals surface area contributed by atoms with Gasteiger partial charge < -0.3 is 10.4 Å². The van der Waals surface area contributed by atoms with Crippen molar-refractivity contribution in [2.24, 2.45) is 11.8 Å². The quantitative estimate of drug-likeness (QED) is 0.889. The zero-order valence-corrected chi connectivity index (χ0v) is 10.4. The molecule has 1 saturated carbocycles. The van der Waals surface area contributed by atoms with Crippen molar-refractivity contribution in [2.45, 2.75) is 25.4 Å². The van der Waals surface area contributed by atoms with Gasteiger partial charge in [-0.05, 0) is 24.7 Å². The molecule has 0 amide bonds. The molecule has 1 heterocycles. The average Bonchev–Trinajstić information content (AvgIpc) is 2.94. The maximum absolute atomic E-state index is 12.3. The largest absolute Gasteiger partial charge is 0.445 e. The number of hydrogen-bond donors (Lipinski definition) is 2. The van der Waals surface area contributed by atoms with Crippen molar-refractivity contribution >= 4 is 16.5 Å². The number of aromatic nitrogens is 2. The minimum atomic E-state index is -4.43. The second kappa shape index (κ2) is 5.40. The van der Waals surface area contributed by atoms with Gasteiger partial charge in [-0.25, -0.2) is 0 Å². The number of nitrogens with zero attached hydrogens (tertiary/aromatic N) is 2. The van der Waals surface area contributed by atoms with Crippen molar-refractivity contribution in [3.8, 4) is 0 Å². The first-order valence-electron chi connectivity index (χ1n) is 5.76. The molecule has 8 heteroatoms. The van der Waals surface area contributed by atoms with Gasteiger partial charge in [0.2, 0.25) is 10.1 Å². The molecule has 1 fully saturated rings. The molecule has 18 heavy (non-hydrogen) atoms. The molecule has 0 bridgehead atoms. The van der Waals surface area contributed by atoms with Crippen LogP contribution in [0.4, 0.5) is 18.3 Å². The normalized spacial score (nSPS) is 24.4. The second-order valence-corrected chi connectivity index (χ2v) is 5.40. The molecule has 0 saturated heterocycles. The number of hydrogen-bond acceptors (Lipinski definition) is 5. The fourth-order valence-corrected chi connectivity index (χ4v) is 2.87. The van der Waals surface area contributed by atoms with Crippen molar-refractivity contribution < 1.29 is 18.3 Å². The van der Waals surface area contributed by atoms with Crippen molar-refractivity contribution in [2.75, 3.05) is 18.5 Å². The minimum absolute atomic E-state index is 0.135. The highest BCUT2D eigenvalue weighted by Gasteiger charge is 2.35. The van der Waals surface area contributed by atoms with E-state index >= 15 is 0 Å². The lowest BCUT2D eigenvalue weighted by atomic mass is 9.97. The lowest BCUT2D eigenvalue weighted by molar-refractivity contribution is -0.138. The zero-order valence-electron chi connectivity index (χ0n) is 9.57. The van der Waals surface area contributed by atoms with Crippen LogP contribution < -0.4 is 5.32 Å². The van der Waals surface area contributed by atoms with Gasteiger partial charge in [0.1, 0.15) is 0 Å². The van der Waals surface area contributed by atoms with E-state index in [1.165, 1.54) is 0 Å². The summed E-state index contributed by atoms with van der Waals surface area (Å²) in [6.45, 7) is 0.675. The Hall–Kier alpha value is -0.890. The topological polar surface area (TPSA) is 58.0 Å². The van der Waals surface area contributed by atoms with Gasteiger partial charge in [0.05, 0.1) is 0 Å². The van der Waals surface area contributed by atoms with Crippen LogP contribution in [0.2, 0.25) is 0 Å². The van der Waals surface area contributed by atoms with Crippen LogP contribution in [0.5, 0.6) is 0 Å². The maximum atomic E-state index is 12.3. The van der Waals surface area contributed by atoms with E-state index in [4.69, 9.17) is 5.11 Å². The molecule has 1 aromatic rings. The Morgan fingerprint density at radius 2 is 2.00 bits per heavy atom. The molecule has 2 atom stereocenters. The van der Waals surface area contributed by atoms with Gasteiger partial charge in [0.25, 0.3) is 0 Å². The van der Waals surface area contributed by atoms with Gasteiger partial charge in [-0.2, -0.15) is 13.2 Å². The van der Waals surface area contributed by atoms with Crippen molar-refractivity contribution in [3.63, 3.8) is 0 Å². The molecule has 1 aliphatic carbocycles. The number of alkyl halides is 3. The molecule has 2 unspecified atom stereocenters. The molecule has 4 nitrogen and oxygen atoms in total. The van der Waals surface area contributed by atoms with Crippen molar-refractivity contribution in [1.82, 2.24) is 10.2 Å². The fraction of sp³-hybridized carbons (Fsp3) is 0.800. The van der Waals surface area contributed by atoms with Crippen LogP contribution in [0.25, 0.3) is 0 Å². The van der Waals surface area contributed by atoms with Crippen LogP contribution in [0.1, 0.15) is 24.3 Å². The Labute approximate surface area is 106 Å². The first-order valence-corrected chi connectivity index (χ1v) is 6.58. The summed E-state index contributed by atoms with van der Waals surface area (Å²) in [5.74, 6) is 0.542. The van der Waals surface area contributed by atoms with Crippen molar-refractivity contribution in [3.05, 3.63) is 5.01 Å². The molecule has 0 aromatic carbocycles. The van der Waals surface area contributed by atoms with Gasteiger partial charge in [0.15, 0.2) is 0 Å². The SMILES string of the molecule is OCC1CCCC1CNc1nnc(C(F)(F)F)s1. The zero-order chi connectivity index (χ0) is 13.2. The Kier molecular flexibility index (Phi) is 4.06. The summed E-state index contributed by atoms with van der Waals surface area (Å²) >= 11 is 0.511. The molecule has 0 aliphatic heterocycles. The molecule has 2 rings (SSSR count). The molecular formula is C10H14F3N3OS. The minimum Gasteiger partial charge on any atom is -0.396 e. The van der Waals surface area contributed by atoms with Crippen molar-refractivity contribution in [1.29, 1.82) is 0 Å².